The molecular formula is C15H15ClN6O2. The quantitative estimate of drug-likeness (QED) is 0.506. The number of hydrazine groups is 1. The molecule has 1 aromatic carbocycles. The number of urea groups is 2. The fourth-order valence-corrected chi connectivity index (χ4v) is 1.81. The van der Waals surface area contributed by atoms with Crippen molar-refractivity contribution in [3.05, 3.63) is 59.4 Å². The highest BCUT2D eigenvalue weighted by molar-refractivity contribution is 6.33. The van der Waals surface area contributed by atoms with Crippen molar-refractivity contribution < 1.29 is 9.59 Å². The zero-order valence-corrected chi connectivity index (χ0v) is 13.5. The molecule has 0 spiro atoms. The van der Waals surface area contributed by atoms with E-state index in [1.165, 1.54) is 0 Å². The van der Waals surface area contributed by atoms with E-state index in [9.17, 15) is 9.59 Å². The lowest BCUT2D eigenvalue weighted by Crippen LogP contribution is -2.47. The highest BCUT2D eigenvalue weighted by Crippen LogP contribution is 2.19. The summed E-state index contributed by atoms with van der Waals surface area (Å²) in [7, 11) is 0. The van der Waals surface area contributed by atoms with Crippen molar-refractivity contribution in [3.8, 4) is 0 Å². The van der Waals surface area contributed by atoms with Gasteiger partial charge in [0.1, 0.15) is 0 Å². The molecule has 4 amide bonds. The average Bonchev–Trinajstić information content (AvgIpc) is 2.60. The highest BCUT2D eigenvalue weighted by atomic mass is 35.5. The van der Waals surface area contributed by atoms with Crippen LogP contribution in [-0.2, 0) is 0 Å². The smallest absolute Gasteiger partial charge is 0.305 e. The normalized spacial score (nSPS) is 10.7. The molecule has 4 N–H and O–H groups in total. The van der Waals surface area contributed by atoms with Crippen LogP contribution < -0.4 is 21.6 Å². The lowest BCUT2D eigenvalue weighted by atomic mass is 10.3. The van der Waals surface area contributed by atoms with Crippen LogP contribution in [0.25, 0.3) is 0 Å². The second-order valence-electron chi connectivity index (χ2n) is 4.54. The maximum Gasteiger partial charge on any atom is 0.353 e. The molecule has 9 heteroatoms. The summed E-state index contributed by atoms with van der Waals surface area (Å²) in [6, 6.07) is 10.7. The van der Waals surface area contributed by atoms with Crippen LogP contribution in [0.1, 0.15) is 12.6 Å². The van der Waals surface area contributed by atoms with Crippen LogP contribution in [0.3, 0.4) is 0 Å². The van der Waals surface area contributed by atoms with Gasteiger partial charge >= 0.3 is 12.1 Å². The number of hydrazone groups is 1. The molecule has 2 rings (SSSR count). The van der Waals surface area contributed by atoms with Crippen molar-refractivity contribution in [2.45, 2.75) is 6.92 Å². The summed E-state index contributed by atoms with van der Waals surface area (Å²) in [6.45, 7) is 1.69. The summed E-state index contributed by atoms with van der Waals surface area (Å²) < 4.78 is 0. The molecule has 0 saturated heterocycles. The molecule has 0 unspecified atom stereocenters. The van der Waals surface area contributed by atoms with Crippen molar-refractivity contribution in [2.75, 3.05) is 5.32 Å². The van der Waals surface area contributed by atoms with Gasteiger partial charge in [0.05, 0.1) is 22.1 Å². The highest BCUT2D eigenvalue weighted by Gasteiger charge is 2.06. The molecule has 24 heavy (non-hydrogen) atoms. The van der Waals surface area contributed by atoms with Crippen molar-refractivity contribution in [1.82, 2.24) is 21.3 Å². The summed E-state index contributed by atoms with van der Waals surface area (Å²) >= 11 is 5.91. The van der Waals surface area contributed by atoms with Crippen LogP contribution in [0.5, 0.6) is 0 Å². The van der Waals surface area contributed by atoms with E-state index in [4.69, 9.17) is 11.6 Å². The molecule has 8 nitrogen and oxygen atoms in total. The van der Waals surface area contributed by atoms with Crippen molar-refractivity contribution >= 4 is 35.1 Å². The molecule has 1 aromatic heterocycles. The summed E-state index contributed by atoms with van der Waals surface area (Å²) in [6.07, 6.45) is 1.62. The maximum atomic E-state index is 11.7. The molecule has 1 heterocycles. The Labute approximate surface area is 143 Å². The first-order valence-electron chi connectivity index (χ1n) is 6.89. The molecule has 0 saturated carbocycles. The Hall–Kier alpha value is -3.13. The van der Waals surface area contributed by atoms with Gasteiger partial charge in [0.25, 0.3) is 0 Å². The van der Waals surface area contributed by atoms with Gasteiger partial charge in [-0.05, 0) is 31.2 Å². The standard InChI is InChI=1S/C15H15ClN6O2/c1-10(12-7-4-5-9-17-12)19-21-15(24)22-20-14(23)18-13-8-3-2-6-11(13)16/h2-9H,1H3,(H2,18,20,23)(H2,21,22,24)/b19-10+. The largest absolute Gasteiger partial charge is 0.353 e. The van der Waals surface area contributed by atoms with Gasteiger partial charge in [-0.1, -0.05) is 29.8 Å². The van der Waals surface area contributed by atoms with Gasteiger partial charge in [-0.3, -0.25) is 4.98 Å². The fourth-order valence-electron chi connectivity index (χ4n) is 1.63. The summed E-state index contributed by atoms with van der Waals surface area (Å²) in [5.41, 5.74) is 8.12. The van der Waals surface area contributed by atoms with Crippen LogP contribution in [-0.4, -0.2) is 22.8 Å². The fraction of sp³-hybridized carbons (Fsp3) is 0.0667. The number of benzene rings is 1. The van der Waals surface area contributed by atoms with Crippen LogP contribution >= 0.6 is 11.6 Å². The Morgan fingerprint density at radius 3 is 2.46 bits per heavy atom. The number of pyridine rings is 1. The van der Waals surface area contributed by atoms with Crippen LogP contribution in [0.15, 0.2) is 53.8 Å². The molecule has 0 aliphatic heterocycles. The predicted molar refractivity (Wildman–Crippen MR) is 91.7 cm³/mol. The number of para-hydroxylation sites is 1. The minimum Gasteiger partial charge on any atom is -0.305 e. The number of carbonyl (C=O) groups excluding carboxylic acids is 2. The van der Waals surface area contributed by atoms with E-state index < -0.39 is 12.1 Å². The molecule has 2 aromatic rings. The van der Waals surface area contributed by atoms with Crippen molar-refractivity contribution in [1.29, 1.82) is 0 Å². The predicted octanol–water partition coefficient (Wildman–Crippen LogP) is 2.49. The van der Waals surface area contributed by atoms with Crippen molar-refractivity contribution in [3.63, 3.8) is 0 Å². The van der Waals surface area contributed by atoms with Gasteiger partial charge in [-0.25, -0.2) is 25.9 Å². The van der Waals surface area contributed by atoms with E-state index in [-0.39, 0.29) is 0 Å². The van der Waals surface area contributed by atoms with Crippen LogP contribution in [0.2, 0.25) is 5.02 Å². The number of amides is 4. The Balaban J connectivity index is 1.79. The van der Waals surface area contributed by atoms with Gasteiger partial charge < -0.3 is 5.32 Å². The Morgan fingerprint density at radius 2 is 1.75 bits per heavy atom. The molecule has 0 radical (unpaired) electrons. The Morgan fingerprint density at radius 1 is 1.04 bits per heavy atom. The monoisotopic (exact) mass is 346 g/mol. The van der Waals surface area contributed by atoms with Crippen molar-refractivity contribution in [2.24, 2.45) is 5.10 Å². The first-order valence-corrected chi connectivity index (χ1v) is 7.27. The molecule has 124 valence electrons. The SMILES string of the molecule is C/C(=N\NC(=O)NNC(=O)Nc1ccccc1Cl)c1ccccn1. The van der Waals surface area contributed by atoms with Gasteiger partial charge in [-0.15, -0.1) is 0 Å². The third-order valence-corrected chi connectivity index (χ3v) is 3.10. The lowest BCUT2D eigenvalue weighted by Gasteiger charge is -2.09. The van der Waals surface area contributed by atoms with Crippen LogP contribution in [0, 0.1) is 0 Å². The summed E-state index contributed by atoms with van der Waals surface area (Å²) in [5.74, 6) is 0. The topological polar surface area (TPSA) is 108 Å². The number of rotatable bonds is 3. The van der Waals surface area contributed by atoms with E-state index in [1.54, 1.807) is 49.5 Å². The number of hydrogen-bond acceptors (Lipinski definition) is 4. The summed E-state index contributed by atoms with van der Waals surface area (Å²) in [5, 5.41) is 6.74. The maximum absolute atomic E-state index is 11.7. The number of anilines is 1. The van der Waals surface area contributed by atoms with Gasteiger partial charge in [0.2, 0.25) is 0 Å². The second kappa shape index (κ2) is 8.49. The van der Waals surface area contributed by atoms with E-state index >= 15 is 0 Å². The molecule has 0 fully saturated rings. The number of halogens is 1. The first kappa shape index (κ1) is 17.2. The minimum absolute atomic E-state index is 0.382. The Bertz CT molecular complexity index is 751. The van der Waals surface area contributed by atoms with Crippen LogP contribution in [0.4, 0.5) is 15.3 Å². The minimum atomic E-state index is -0.709. The zero-order chi connectivity index (χ0) is 17.4. The van der Waals surface area contributed by atoms with Gasteiger partial charge in [-0.2, -0.15) is 5.10 Å². The zero-order valence-electron chi connectivity index (χ0n) is 12.7. The number of hydrogen-bond donors (Lipinski definition) is 4. The molecule has 0 aliphatic rings. The van der Waals surface area contributed by atoms with E-state index in [2.05, 4.69) is 31.7 Å². The Kier molecular flexibility index (Phi) is 6.09. The van der Waals surface area contributed by atoms with Gasteiger partial charge in [0.15, 0.2) is 0 Å². The van der Waals surface area contributed by atoms with E-state index in [0.717, 1.165) is 0 Å². The molecule has 0 aliphatic carbocycles. The third-order valence-electron chi connectivity index (χ3n) is 2.77. The van der Waals surface area contributed by atoms with E-state index in [0.29, 0.717) is 22.1 Å². The molecular weight excluding hydrogens is 332 g/mol. The average molecular weight is 347 g/mol. The van der Waals surface area contributed by atoms with E-state index in [1.807, 2.05) is 6.07 Å². The lowest BCUT2D eigenvalue weighted by molar-refractivity contribution is 0.230. The number of nitrogens with one attached hydrogen (secondary N) is 4. The molecule has 0 bridgehead atoms. The molecule has 0 atom stereocenters. The third kappa shape index (κ3) is 5.25. The number of carbonyl (C=O) groups is 2. The van der Waals surface area contributed by atoms with Gasteiger partial charge in [0, 0.05) is 6.20 Å². The first-order chi connectivity index (χ1) is 11.6. The number of nitrogens with zero attached hydrogens (tertiary/aromatic N) is 2. The summed E-state index contributed by atoms with van der Waals surface area (Å²) in [4.78, 5) is 27.3. The number of aromatic nitrogens is 1. The second-order valence-corrected chi connectivity index (χ2v) is 4.94.